The van der Waals surface area contributed by atoms with Gasteiger partial charge in [0.15, 0.2) is 11.5 Å². The quantitative estimate of drug-likeness (QED) is 0.325. The lowest BCUT2D eigenvalue weighted by atomic mass is 10.2. The summed E-state index contributed by atoms with van der Waals surface area (Å²) in [5.74, 6) is -0.608. The van der Waals surface area contributed by atoms with E-state index in [4.69, 9.17) is 21.1 Å². The van der Waals surface area contributed by atoms with Gasteiger partial charge in [0.05, 0.1) is 27.5 Å². The van der Waals surface area contributed by atoms with Crippen LogP contribution in [-0.2, 0) is 0 Å². The molecule has 0 spiro atoms. The van der Waals surface area contributed by atoms with Gasteiger partial charge in [0.1, 0.15) is 0 Å². The molecule has 0 N–H and O–H groups in total. The Morgan fingerprint density at radius 2 is 1.85 bits per heavy atom. The number of nitro groups is 2. The molecule has 2 aromatic rings. The predicted molar refractivity (Wildman–Crippen MR) is 92.1 cm³/mol. The van der Waals surface area contributed by atoms with Gasteiger partial charge in [-0.1, -0.05) is 17.7 Å². The Bertz CT molecular complexity index is 911. The summed E-state index contributed by atoms with van der Waals surface area (Å²) in [5, 5.41) is 20.9. The van der Waals surface area contributed by atoms with Gasteiger partial charge in [-0.05, 0) is 23.8 Å². The highest BCUT2D eigenvalue weighted by Gasteiger charge is 2.18. The molecular weight excluding hydrogens is 368 g/mol. The molecule has 26 heavy (non-hydrogen) atoms. The van der Waals surface area contributed by atoms with Gasteiger partial charge < -0.3 is 9.47 Å². The highest BCUT2D eigenvalue weighted by atomic mass is 35.5. The second-order valence-corrected chi connectivity index (χ2v) is 5.23. The Morgan fingerprint density at radius 3 is 2.42 bits per heavy atom. The van der Waals surface area contributed by atoms with Crippen LogP contribution in [0.1, 0.15) is 15.9 Å². The van der Waals surface area contributed by atoms with E-state index >= 15 is 0 Å². The summed E-state index contributed by atoms with van der Waals surface area (Å²) in [6, 6.07) is 7.69. The van der Waals surface area contributed by atoms with Crippen molar-refractivity contribution in [1.82, 2.24) is 0 Å². The van der Waals surface area contributed by atoms with Crippen molar-refractivity contribution in [3.8, 4) is 11.5 Å². The number of carbonyl (C=O) groups is 1. The number of methoxy groups -OCH3 is 1. The van der Waals surface area contributed by atoms with Crippen LogP contribution in [-0.4, -0.2) is 22.9 Å². The van der Waals surface area contributed by atoms with E-state index in [2.05, 4.69) is 0 Å². The highest BCUT2D eigenvalue weighted by Crippen LogP contribution is 2.30. The Morgan fingerprint density at radius 1 is 1.12 bits per heavy atom. The zero-order chi connectivity index (χ0) is 19.3. The van der Waals surface area contributed by atoms with E-state index in [1.165, 1.54) is 37.5 Å². The van der Waals surface area contributed by atoms with Gasteiger partial charge in [-0.2, -0.15) is 0 Å². The number of hydrogen-bond donors (Lipinski definition) is 0. The first-order chi connectivity index (χ1) is 12.3. The number of benzene rings is 2. The van der Waals surface area contributed by atoms with Gasteiger partial charge in [-0.3, -0.25) is 20.2 Å². The molecule has 0 bridgehead atoms. The van der Waals surface area contributed by atoms with E-state index in [-0.39, 0.29) is 27.8 Å². The van der Waals surface area contributed by atoms with Crippen LogP contribution in [0, 0.1) is 20.2 Å². The molecule has 0 aromatic heterocycles. The van der Waals surface area contributed by atoms with Crippen LogP contribution in [0.3, 0.4) is 0 Å². The molecule has 2 aromatic carbocycles. The summed E-state index contributed by atoms with van der Waals surface area (Å²) in [4.78, 5) is 32.1. The fourth-order valence-corrected chi connectivity index (χ4v) is 2.21. The topological polar surface area (TPSA) is 122 Å². The largest absolute Gasteiger partial charge is 0.493 e. The minimum atomic E-state index is -0.836. The fraction of sp³-hybridized carbons (Fsp3) is 0.0625. The summed E-state index contributed by atoms with van der Waals surface area (Å²) in [6.45, 7) is 0. The van der Waals surface area contributed by atoms with Gasteiger partial charge >= 0.3 is 5.97 Å². The van der Waals surface area contributed by atoms with Crippen LogP contribution in [0.15, 0.2) is 42.6 Å². The molecule has 10 heteroatoms. The molecule has 0 radical (unpaired) electrons. The molecule has 0 aliphatic heterocycles. The molecule has 134 valence electrons. The molecule has 0 unspecified atom stereocenters. The standard InChI is InChI=1S/C16H11ClN2O7/c1-25-15-8-10(6-7-18(21)22)2-5-14(15)26-16(20)12-4-3-11(19(23)24)9-13(12)17/h2-9H,1H3/b7-6+. The number of halogens is 1. The van der Waals surface area contributed by atoms with Crippen LogP contribution in [0.25, 0.3) is 6.08 Å². The first-order valence-electron chi connectivity index (χ1n) is 6.97. The first-order valence-corrected chi connectivity index (χ1v) is 7.35. The van der Waals surface area contributed by atoms with Crippen LogP contribution < -0.4 is 9.47 Å². The average Bonchev–Trinajstić information content (AvgIpc) is 2.60. The Balaban J connectivity index is 2.26. The van der Waals surface area contributed by atoms with E-state index in [0.29, 0.717) is 5.56 Å². The number of ether oxygens (including phenoxy) is 2. The molecule has 9 nitrogen and oxygen atoms in total. The Kier molecular flexibility index (Phi) is 5.86. The van der Waals surface area contributed by atoms with Gasteiger partial charge in [-0.25, -0.2) is 4.79 Å². The number of rotatable bonds is 6. The second-order valence-electron chi connectivity index (χ2n) is 4.82. The Labute approximate surface area is 151 Å². The smallest absolute Gasteiger partial charge is 0.345 e. The fourth-order valence-electron chi connectivity index (χ4n) is 1.96. The van der Waals surface area contributed by atoms with Crippen molar-refractivity contribution in [3.05, 3.63) is 79.0 Å². The molecular formula is C16H11ClN2O7. The molecule has 0 saturated heterocycles. The van der Waals surface area contributed by atoms with Crippen molar-refractivity contribution in [3.63, 3.8) is 0 Å². The molecule has 2 rings (SSSR count). The normalized spacial score (nSPS) is 10.5. The lowest BCUT2D eigenvalue weighted by Crippen LogP contribution is -2.10. The lowest BCUT2D eigenvalue weighted by molar-refractivity contribution is -0.400. The maximum atomic E-state index is 12.2. The maximum absolute atomic E-state index is 12.2. The van der Waals surface area contributed by atoms with E-state index < -0.39 is 15.8 Å². The predicted octanol–water partition coefficient (Wildman–Crippen LogP) is 3.72. The highest BCUT2D eigenvalue weighted by molar-refractivity contribution is 6.33. The number of non-ortho nitro benzene ring substituents is 1. The molecule has 0 aliphatic rings. The summed E-state index contributed by atoms with van der Waals surface area (Å²) >= 11 is 5.89. The molecule has 0 aliphatic carbocycles. The minimum absolute atomic E-state index is 0.0587. The van der Waals surface area contributed by atoms with Crippen LogP contribution in [0.2, 0.25) is 5.02 Å². The third kappa shape index (κ3) is 4.54. The molecule has 0 amide bonds. The summed E-state index contributed by atoms with van der Waals surface area (Å²) in [5.41, 5.74) is 0.148. The maximum Gasteiger partial charge on any atom is 0.345 e. The average molecular weight is 379 g/mol. The number of hydrogen-bond acceptors (Lipinski definition) is 7. The van der Waals surface area contributed by atoms with Crippen molar-refractivity contribution < 1.29 is 24.1 Å². The zero-order valence-corrected chi connectivity index (χ0v) is 14.0. The Hall–Kier alpha value is -3.46. The number of nitro benzene ring substituents is 1. The zero-order valence-electron chi connectivity index (χ0n) is 13.2. The minimum Gasteiger partial charge on any atom is -0.493 e. The SMILES string of the molecule is COc1cc(/C=C/[N+](=O)[O-])ccc1OC(=O)c1ccc([N+](=O)[O-])cc1Cl. The molecule has 0 atom stereocenters. The van der Waals surface area contributed by atoms with Gasteiger partial charge in [0.2, 0.25) is 6.20 Å². The van der Waals surface area contributed by atoms with Crippen molar-refractivity contribution >= 4 is 29.3 Å². The summed E-state index contributed by atoms with van der Waals surface area (Å²) < 4.78 is 10.3. The molecule has 0 saturated carbocycles. The number of esters is 1. The lowest BCUT2D eigenvalue weighted by Gasteiger charge is -2.10. The van der Waals surface area contributed by atoms with Crippen molar-refractivity contribution in [2.75, 3.05) is 7.11 Å². The summed E-state index contributed by atoms with van der Waals surface area (Å²) in [6.07, 6.45) is 2.01. The number of nitrogens with zero attached hydrogens (tertiary/aromatic N) is 2. The third-order valence-electron chi connectivity index (χ3n) is 3.16. The van der Waals surface area contributed by atoms with Gasteiger partial charge in [0.25, 0.3) is 5.69 Å². The van der Waals surface area contributed by atoms with Crippen LogP contribution in [0.5, 0.6) is 11.5 Å². The first kappa shape index (κ1) is 18.9. The molecule has 0 heterocycles. The van der Waals surface area contributed by atoms with E-state index in [1.807, 2.05) is 0 Å². The van der Waals surface area contributed by atoms with Crippen molar-refractivity contribution in [2.24, 2.45) is 0 Å². The van der Waals surface area contributed by atoms with Gasteiger partial charge in [0, 0.05) is 18.2 Å². The van der Waals surface area contributed by atoms with Crippen LogP contribution in [0.4, 0.5) is 5.69 Å². The molecule has 0 fully saturated rings. The van der Waals surface area contributed by atoms with Crippen LogP contribution >= 0.6 is 11.6 Å². The summed E-state index contributed by atoms with van der Waals surface area (Å²) in [7, 11) is 1.34. The second kappa shape index (κ2) is 8.08. The van der Waals surface area contributed by atoms with E-state index in [9.17, 15) is 25.0 Å². The number of carbonyl (C=O) groups excluding carboxylic acids is 1. The monoisotopic (exact) mass is 378 g/mol. The van der Waals surface area contributed by atoms with E-state index in [1.54, 1.807) is 0 Å². The third-order valence-corrected chi connectivity index (χ3v) is 3.48. The van der Waals surface area contributed by atoms with Crippen molar-refractivity contribution in [2.45, 2.75) is 0 Å². The van der Waals surface area contributed by atoms with Crippen molar-refractivity contribution in [1.29, 1.82) is 0 Å². The van der Waals surface area contributed by atoms with E-state index in [0.717, 1.165) is 18.3 Å². The van der Waals surface area contributed by atoms with Gasteiger partial charge in [-0.15, -0.1) is 0 Å².